The molecule has 0 fully saturated rings. The topological polar surface area (TPSA) is 20.3 Å². The van der Waals surface area contributed by atoms with Crippen LogP contribution in [-0.2, 0) is 0 Å². The van der Waals surface area contributed by atoms with E-state index in [0.717, 1.165) is 0 Å². The van der Waals surface area contributed by atoms with Gasteiger partial charge in [-0.15, -0.1) is 0 Å². The molecule has 1 amide bonds. The molecule has 0 saturated carbocycles. The van der Waals surface area contributed by atoms with Crippen LogP contribution in [0.5, 0.6) is 0 Å². The number of halogens is 1. The number of rotatable bonds is 3. The van der Waals surface area contributed by atoms with Gasteiger partial charge >= 0.3 is 0 Å². The summed E-state index contributed by atoms with van der Waals surface area (Å²) in [5, 5.41) is 3.65. The minimum atomic E-state index is -0.293. The molecule has 2 nitrogen and oxygen atoms in total. The summed E-state index contributed by atoms with van der Waals surface area (Å²) in [7, 11) is 1.69. The van der Waals surface area contributed by atoms with Crippen LogP contribution in [0.4, 0.5) is 4.39 Å². The molecule has 2 rings (SSSR count). The number of carbonyl (C=O) groups is 1. The molecule has 0 radical (unpaired) electrons. The molecule has 1 unspecified atom stereocenters. The summed E-state index contributed by atoms with van der Waals surface area (Å²) in [4.78, 5) is 13.7. The lowest BCUT2D eigenvalue weighted by Crippen LogP contribution is -2.29. The van der Waals surface area contributed by atoms with Crippen LogP contribution >= 0.6 is 11.3 Å². The van der Waals surface area contributed by atoms with Gasteiger partial charge in [-0.05, 0) is 24.4 Å². The van der Waals surface area contributed by atoms with Gasteiger partial charge in [0, 0.05) is 18.0 Å². The lowest BCUT2D eigenvalue weighted by molar-refractivity contribution is 0.0741. The van der Waals surface area contributed by atoms with Crippen LogP contribution in [0.1, 0.15) is 28.9 Å². The predicted molar refractivity (Wildman–Crippen MR) is 71.2 cm³/mol. The van der Waals surface area contributed by atoms with E-state index >= 15 is 0 Å². The Hall–Kier alpha value is -1.68. The minimum absolute atomic E-state index is 0.0907. The van der Waals surface area contributed by atoms with Crippen LogP contribution in [-0.4, -0.2) is 17.9 Å². The van der Waals surface area contributed by atoms with Crippen molar-refractivity contribution < 1.29 is 9.18 Å². The Labute approximate surface area is 110 Å². The largest absolute Gasteiger partial charge is 0.335 e. The summed E-state index contributed by atoms with van der Waals surface area (Å²) >= 11 is 1.47. The number of nitrogens with zero attached hydrogens (tertiary/aromatic N) is 1. The van der Waals surface area contributed by atoms with Crippen LogP contribution in [0.3, 0.4) is 0 Å². The van der Waals surface area contributed by atoms with E-state index in [-0.39, 0.29) is 17.8 Å². The molecule has 0 spiro atoms. The quantitative estimate of drug-likeness (QED) is 0.826. The Morgan fingerprint density at radius 2 is 2.06 bits per heavy atom. The molecule has 1 atom stereocenters. The molecule has 0 bridgehead atoms. The van der Waals surface area contributed by atoms with Gasteiger partial charge in [0.15, 0.2) is 0 Å². The Balaban J connectivity index is 2.22. The molecular weight excluding hydrogens is 249 g/mol. The van der Waals surface area contributed by atoms with Gasteiger partial charge in [0.05, 0.1) is 11.6 Å². The zero-order chi connectivity index (χ0) is 13.1. The highest BCUT2D eigenvalue weighted by atomic mass is 32.1. The predicted octanol–water partition coefficient (Wildman–Crippen LogP) is 3.72. The van der Waals surface area contributed by atoms with Crippen molar-refractivity contribution in [2.24, 2.45) is 0 Å². The number of hydrogen-bond donors (Lipinski definition) is 0. The third-order valence-electron chi connectivity index (χ3n) is 3.02. The molecule has 0 aliphatic heterocycles. The van der Waals surface area contributed by atoms with Crippen molar-refractivity contribution >= 4 is 17.2 Å². The fourth-order valence-corrected chi connectivity index (χ4v) is 2.42. The highest BCUT2D eigenvalue weighted by molar-refractivity contribution is 7.08. The second-order valence-corrected chi connectivity index (χ2v) is 4.91. The van der Waals surface area contributed by atoms with Crippen molar-refractivity contribution in [3.63, 3.8) is 0 Å². The molecule has 0 aliphatic carbocycles. The van der Waals surface area contributed by atoms with E-state index in [4.69, 9.17) is 0 Å². The highest BCUT2D eigenvalue weighted by Crippen LogP contribution is 2.23. The van der Waals surface area contributed by atoms with E-state index in [1.54, 1.807) is 41.6 Å². The molecular formula is C14H14FNOS. The Kier molecular flexibility index (Phi) is 3.77. The number of carbonyl (C=O) groups excluding carboxylic acids is 1. The van der Waals surface area contributed by atoms with Crippen LogP contribution in [0.25, 0.3) is 0 Å². The average molecular weight is 263 g/mol. The summed E-state index contributed by atoms with van der Waals surface area (Å²) in [6, 6.07) is 8.02. The van der Waals surface area contributed by atoms with Gasteiger partial charge in [0.1, 0.15) is 5.82 Å². The van der Waals surface area contributed by atoms with Crippen LogP contribution in [0, 0.1) is 5.82 Å². The van der Waals surface area contributed by atoms with Crippen molar-refractivity contribution in [2.45, 2.75) is 13.0 Å². The second-order valence-electron chi connectivity index (χ2n) is 4.13. The van der Waals surface area contributed by atoms with Crippen molar-refractivity contribution in [1.82, 2.24) is 4.90 Å². The zero-order valence-electron chi connectivity index (χ0n) is 10.3. The van der Waals surface area contributed by atoms with Gasteiger partial charge in [-0.3, -0.25) is 4.79 Å². The summed E-state index contributed by atoms with van der Waals surface area (Å²) in [6.07, 6.45) is 0. The molecule has 2 aromatic rings. The molecule has 0 aliphatic rings. The fourth-order valence-electron chi connectivity index (χ4n) is 1.79. The van der Waals surface area contributed by atoms with E-state index < -0.39 is 0 Å². The third-order valence-corrected chi connectivity index (χ3v) is 3.71. The molecule has 18 heavy (non-hydrogen) atoms. The van der Waals surface area contributed by atoms with Crippen molar-refractivity contribution in [3.05, 3.63) is 58.0 Å². The number of thiophene rings is 1. The van der Waals surface area contributed by atoms with Crippen molar-refractivity contribution in [1.29, 1.82) is 0 Å². The fraction of sp³-hybridized carbons (Fsp3) is 0.214. The first-order chi connectivity index (χ1) is 8.61. The Morgan fingerprint density at radius 1 is 1.33 bits per heavy atom. The minimum Gasteiger partial charge on any atom is -0.335 e. The van der Waals surface area contributed by atoms with Crippen LogP contribution < -0.4 is 0 Å². The molecule has 1 heterocycles. The van der Waals surface area contributed by atoms with Crippen LogP contribution in [0.15, 0.2) is 41.1 Å². The second kappa shape index (κ2) is 5.31. The first kappa shape index (κ1) is 12.8. The average Bonchev–Trinajstić information content (AvgIpc) is 2.90. The standard InChI is InChI=1S/C14H14FNOS/c1-10(12-5-3-4-6-13(12)15)16(2)14(17)11-7-8-18-9-11/h3-10H,1-2H3. The summed E-state index contributed by atoms with van der Waals surface area (Å²) < 4.78 is 13.7. The van der Waals surface area contributed by atoms with Gasteiger partial charge in [-0.2, -0.15) is 11.3 Å². The number of benzene rings is 1. The van der Waals surface area contributed by atoms with E-state index in [2.05, 4.69) is 0 Å². The highest BCUT2D eigenvalue weighted by Gasteiger charge is 2.21. The van der Waals surface area contributed by atoms with Gasteiger partial charge in [0.2, 0.25) is 0 Å². The molecule has 1 aromatic heterocycles. The van der Waals surface area contributed by atoms with E-state index in [1.807, 2.05) is 12.3 Å². The zero-order valence-corrected chi connectivity index (χ0v) is 11.1. The molecule has 94 valence electrons. The number of hydrogen-bond acceptors (Lipinski definition) is 2. The van der Waals surface area contributed by atoms with Gasteiger partial charge in [-0.25, -0.2) is 4.39 Å². The van der Waals surface area contributed by atoms with Gasteiger partial charge < -0.3 is 4.90 Å². The smallest absolute Gasteiger partial charge is 0.254 e. The number of amides is 1. The van der Waals surface area contributed by atoms with Gasteiger partial charge in [-0.1, -0.05) is 18.2 Å². The van der Waals surface area contributed by atoms with Crippen molar-refractivity contribution in [3.8, 4) is 0 Å². The Morgan fingerprint density at radius 3 is 2.67 bits per heavy atom. The first-order valence-corrected chi connectivity index (χ1v) is 6.59. The monoisotopic (exact) mass is 263 g/mol. The van der Waals surface area contributed by atoms with E-state index in [9.17, 15) is 9.18 Å². The lowest BCUT2D eigenvalue weighted by Gasteiger charge is -2.25. The molecule has 0 N–H and O–H groups in total. The molecule has 1 aromatic carbocycles. The lowest BCUT2D eigenvalue weighted by atomic mass is 10.1. The SMILES string of the molecule is CC(c1ccccc1F)N(C)C(=O)c1ccsc1. The third kappa shape index (κ3) is 2.43. The van der Waals surface area contributed by atoms with E-state index in [1.165, 1.54) is 17.4 Å². The maximum absolute atomic E-state index is 13.7. The normalized spacial score (nSPS) is 12.2. The Bertz CT molecular complexity index is 538. The maximum atomic E-state index is 13.7. The maximum Gasteiger partial charge on any atom is 0.254 e. The first-order valence-electron chi connectivity index (χ1n) is 5.65. The molecule has 4 heteroatoms. The summed E-state index contributed by atoms with van der Waals surface area (Å²) in [6.45, 7) is 1.82. The van der Waals surface area contributed by atoms with Crippen LogP contribution in [0.2, 0.25) is 0 Å². The summed E-state index contributed by atoms with van der Waals surface area (Å²) in [5.74, 6) is -0.373. The van der Waals surface area contributed by atoms with Gasteiger partial charge in [0.25, 0.3) is 5.91 Å². The van der Waals surface area contributed by atoms with E-state index in [0.29, 0.717) is 11.1 Å². The summed E-state index contributed by atoms with van der Waals surface area (Å²) in [5.41, 5.74) is 1.18. The molecule has 0 saturated heterocycles. The van der Waals surface area contributed by atoms with Crippen molar-refractivity contribution in [2.75, 3.05) is 7.05 Å².